The van der Waals surface area contributed by atoms with Gasteiger partial charge in [0.05, 0.1) is 12.9 Å². The summed E-state index contributed by atoms with van der Waals surface area (Å²) in [6, 6.07) is 0. The molecule has 0 saturated heterocycles. The summed E-state index contributed by atoms with van der Waals surface area (Å²) >= 11 is 0. The predicted molar refractivity (Wildman–Crippen MR) is 27.0 cm³/mol. The second kappa shape index (κ2) is 3.04. The minimum atomic E-state index is 0. The first-order chi connectivity index (χ1) is 2.50. The van der Waals surface area contributed by atoms with E-state index in [-0.39, 0.29) is 12.4 Å². The SMILES string of the molecule is C1=COCC1.Cl. The maximum absolute atomic E-state index is 4.76. The topological polar surface area (TPSA) is 9.23 Å². The van der Waals surface area contributed by atoms with Gasteiger partial charge in [0.2, 0.25) is 0 Å². The summed E-state index contributed by atoms with van der Waals surface area (Å²) < 4.78 is 4.76. The number of rotatable bonds is 0. The zero-order valence-corrected chi connectivity index (χ0v) is 4.20. The first-order valence-corrected chi connectivity index (χ1v) is 1.77. The van der Waals surface area contributed by atoms with Crippen LogP contribution >= 0.6 is 12.4 Å². The van der Waals surface area contributed by atoms with Gasteiger partial charge >= 0.3 is 0 Å². The Hall–Kier alpha value is -0.170. The number of ether oxygens (including phenoxy) is 1. The summed E-state index contributed by atoms with van der Waals surface area (Å²) in [7, 11) is 0. The fraction of sp³-hybridized carbons (Fsp3) is 0.500. The lowest BCUT2D eigenvalue weighted by Gasteiger charge is -1.79. The van der Waals surface area contributed by atoms with Crippen LogP contribution in [0.3, 0.4) is 0 Å². The standard InChI is InChI=1S/C4H6O.ClH/c1-2-4-5-3-1;/h1,3H,2,4H2;1H. The number of halogens is 1. The maximum Gasteiger partial charge on any atom is 0.0908 e. The molecule has 1 aliphatic rings. The van der Waals surface area contributed by atoms with E-state index in [9.17, 15) is 0 Å². The Morgan fingerprint density at radius 2 is 2.33 bits per heavy atom. The van der Waals surface area contributed by atoms with Crippen molar-refractivity contribution in [1.82, 2.24) is 0 Å². The number of hydrogen-bond acceptors (Lipinski definition) is 1. The van der Waals surface area contributed by atoms with E-state index in [0.29, 0.717) is 0 Å². The van der Waals surface area contributed by atoms with Crippen molar-refractivity contribution in [3.63, 3.8) is 0 Å². The lowest BCUT2D eigenvalue weighted by atomic mass is 10.5. The molecule has 0 aromatic carbocycles. The summed E-state index contributed by atoms with van der Waals surface area (Å²) in [6.07, 6.45) is 4.85. The van der Waals surface area contributed by atoms with Gasteiger partial charge in [0.25, 0.3) is 0 Å². The third-order valence-electron chi connectivity index (χ3n) is 0.595. The summed E-state index contributed by atoms with van der Waals surface area (Å²) in [6.45, 7) is 0.889. The van der Waals surface area contributed by atoms with Gasteiger partial charge in [-0.3, -0.25) is 0 Å². The normalized spacial score (nSPS) is 16.0. The summed E-state index contributed by atoms with van der Waals surface area (Å²) in [5, 5.41) is 0. The zero-order valence-electron chi connectivity index (χ0n) is 3.39. The number of hydrogen-bond donors (Lipinski definition) is 0. The van der Waals surface area contributed by atoms with Crippen LogP contribution in [0.5, 0.6) is 0 Å². The molecule has 0 fully saturated rings. The highest BCUT2D eigenvalue weighted by Crippen LogP contribution is 1.93. The molecule has 0 unspecified atom stereocenters. The zero-order chi connectivity index (χ0) is 3.54. The van der Waals surface area contributed by atoms with Gasteiger partial charge in [0.1, 0.15) is 0 Å². The first-order valence-electron chi connectivity index (χ1n) is 1.77. The van der Waals surface area contributed by atoms with Crippen molar-refractivity contribution < 1.29 is 4.74 Å². The molecule has 0 spiro atoms. The fourth-order valence-corrected chi connectivity index (χ4v) is 0.340. The summed E-state index contributed by atoms with van der Waals surface area (Å²) in [5.74, 6) is 0. The van der Waals surface area contributed by atoms with Gasteiger partial charge in [-0.25, -0.2) is 0 Å². The highest BCUT2D eigenvalue weighted by molar-refractivity contribution is 5.85. The molecule has 0 N–H and O–H groups in total. The van der Waals surface area contributed by atoms with E-state index in [1.165, 1.54) is 0 Å². The van der Waals surface area contributed by atoms with Gasteiger partial charge in [-0.05, 0) is 6.08 Å². The molecule has 0 aromatic rings. The average molecular weight is 107 g/mol. The van der Waals surface area contributed by atoms with Crippen LogP contribution in [0.15, 0.2) is 12.3 Å². The highest BCUT2D eigenvalue weighted by Gasteiger charge is 1.83. The Morgan fingerprint density at radius 3 is 2.50 bits per heavy atom. The monoisotopic (exact) mass is 106 g/mol. The molecule has 6 heavy (non-hydrogen) atoms. The van der Waals surface area contributed by atoms with Crippen molar-refractivity contribution in [2.45, 2.75) is 6.42 Å². The Labute approximate surface area is 43.4 Å². The van der Waals surface area contributed by atoms with Gasteiger partial charge in [-0.15, -0.1) is 12.4 Å². The van der Waals surface area contributed by atoms with Crippen LogP contribution < -0.4 is 0 Å². The highest BCUT2D eigenvalue weighted by atomic mass is 35.5. The largest absolute Gasteiger partial charge is 0.501 e. The molecule has 1 rings (SSSR count). The van der Waals surface area contributed by atoms with Crippen LogP contribution in [-0.2, 0) is 4.74 Å². The predicted octanol–water partition coefficient (Wildman–Crippen LogP) is 1.34. The Balaban J connectivity index is 0.000000250. The molecule has 36 valence electrons. The molecule has 0 atom stereocenters. The lowest BCUT2D eigenvalue weighted by molar-refractivity contribution is 0.281. The lowest BCUT2D eigenvalue weighted by Crippen LogP contribution is -1.70. The fourth-order valence-electron chi connectivity index (χ4n) is 0.340. The molecule has 0 saturated carbocycles. The quantitative estimate of drug-likeness (QED) is 0.453. The van der Waals surface area contributed by atoms with Crippen LogP contribution in [0.25, 0.3) is 0 Å². The minimum Gasteiger partial charge on any atom is -0.501 e. The van der Waals surface area contributed by atoms with Crippen molar-refractivity contribution >= 4 is 12.4 Å². The van der Waals surface area contributed by atoms with Crippen LogP contribution in [0, 0.1) is 0 Å². The van der Waals surface area contributed by atoms with Gasteiger partial charge in [0, 0.05) is 6.42 Å². The molecule has 0 amide bonds. The Bertz CT molecular complexity index is 45.5. The van der Waals surface area contributed by atoms with Gasteiger partial charge in [-0.1, -0.05) is 0 Å². The van der Waals surface area contributed by atoms with E-state index in [1.54, 1.807) is 6.26 Å². The van der Waals surface area contributed by atoms with Crippen LogP contribution in [0.2, 0.25) is 0 Å². The van der Waals surface area contributed by atoms with Crippen molar-refractivity contribution in [1.29, 1.82) is 0 Å². The Kier molecular flexibility index (Phi) is 2.95. The van der Waals surface area contributed by atoms with Crippen LogP contribution in [0.4, 0.5) is 0 Å². The molecule has 1 aliphatic heterocycles. The molecule has 1 nitrogen and oxygen atoms in total. The molecular weight excluding hydrogens is 99.5 g/mol. The van der Waals surface area contributed by atoms with E-state index >= 15 is 0 Å². The molecule has 2 heteroatoms. The average Bonchev–Trinajstić information content (AvgIpc) is 1.76. The van der Waals surface area contributed by atoms with Crippen molar-refractivity contribution in [3.05, 3.63) is 12.3 Å². The van der Waals surface area contributed by atoms with E-state index in [1.807, 2.05) is 6.08 Å². The second-order valence-corrected chi connectivity index (χ2v) is 1.03. The molecule has 0 aliphatic carbocycles. The second-order valence-electron chi connectivity index (χ2n) is 1.03. The van der Waals surface area contributed by atoms with Crippen molar-refractivity contribution in [2.24, 2.45) is 0 Å². The van der Waals surface area contributed by atoms with Crippen molar-refractivity contribution in [3.8, 4) is 0 Å². The molecule has 0 bridgehead atoms. The summed E-state index contributed by atoms with van der Waals surface area (Å²) in [4.78, 5) is 0. The smallest absolute Gasteiger partial charge is 0.0908 e. The van der Waals surface area contributed by atoms with Gasteiger partial charge < -0.3 is 4.74 Å². The van der Waals surface area contributed by atoms with E-state index in [0.717, 1.165) is 13.0 Å². The first kappa shape index (κ1) is 5.83. The van der Waals surface area contributed by atoms with E-state index < -0.39 is 0 Å². The van der Waals surface area contributed by atoms with Crippen LogP contribution in [0.1, 0.15) is 6.42 Å². The molecule has 0 radical (unpaired) electrons. The van der Waals surface area contributed by atoms with Gasteiger partial charge in [0.15, 0.2) is 0 Å². The van der Waals surface area contributed by atoms with E-state index in [2.05, 4.69) is 0 Å². The van der Waals surface area contributed by atoms with Gasteiger partial charge in [-0.2, -0.15) is 0 Å². The summed E-state index contributed by atoms with van der Waals surface area (Å²) in [5.41, 5.74) is 0. The maximum atomic E-state index is 4.76. The van der Waals surface area contributed by atoms with E-state index in [4.69, 9.17) is 4.74 Å². The van der Waals surface area contributed by atoms with Crippen LogP contribution in [-0.4, -0.2) is 6.61 Å². The molecule has 1 heterocycles. The molecule has 0 aromatic heterocycles. The molecular formula is C4H7ClO. The van der Waals surface area contributed by atoms with Crippen molar-refractivity contribution in [2.75, 3.05) is 6.61 Å². The third kappa shape index (κ3) is 1.31. The Morgan fingerprint density at radius 1 is 1.50 bits per heavy atom. The minimum absolute atomic E-state index is 0. The third-order valence-corrected chi connectivity index (χ3v) is 0.595.